The summed E-state index contributed by atoms with van der Waals surface area (Å²) in [6, 6.07) is 5.01. The van der Waals surface area contributed by atoms with Gasteiger partial charge in [-0.2, -0.15) is 11.8 Å². The minimum Gasteiger partial charge on any atom is -0.464 e. The molecule has 2 atom stereocenters. The van der Waals surface area contributed by atoms with Gasteiger partial charge in [0, 0.05) is 12.0 Å². The lowest BCUT2D eigenvalue weighted by Crippen LogP contribution is -2.31. The van der Waals surface area contributed by atoms with Gasteiger partial charge < -0.3 is 9.73 Å². The van der Waals surface area contributed by atoms with Crippen LogP contribution >= 0.6 is 11.8 Å². The molecule has 0 spiro atoms. The molecule has 0 amide bonds. The Morgan fingerprint density at radius 2 is 2.12 bits per heavy atom. The van der Waals surface area contributed by atoms with Crippen molar-refractivity contribution in [3.63, 3.8) is 0 Å². The number of nitrogens with one attached hydrogen (secondary N) is 1. The first kappa shape index (κ1) is 11.7. The third-order valence-electron chi connectivity index (χ3n) is 3.94. The normalized spacial score (nSPS) is 29.5. The van der Waals surface area contributed by atoms with Crippen molar-refractivity contribution in [3.05, 3.63) is 23.7 Å². The summed E-state index contributed by atoms with van der Waals surface area (Å²) < 4.78 is 5.90. The monoisotopic (exact) mass is 251 g/mol. The number of furan rings is 1. The first-order valence-corrected chi connectivity index (χ1v) is 7.88. The van der Waals surface area contributed by atoms with E-state index in [1.54, 1.807) is 0 Å². The van der Waals surface area contributed by atoms with E-state index in [2.05, 4.69) is 36.1 Å². The van der Waals surface area contributed by atoms with Crippen molar-refractivity contribution in [2.75, 3.05) is 11.5 Å². The minimum atomic E-state index is 0.699. The standard InChI is InChI=1S/C14H21NOS/c1-10-8-13(10)14-3-2-12(16-14)9-15-11-4-6-17-7-5-11/h2-3,10-11,13,15H,4-9H2,1H3. The van der Waals surface area contributed by atoms with Crippen LogP contribution in [0, 0.1) is 5.92 Å². The highest BCUT2D eigenvalue weighted by molar-refractivity contribution is 7.99. The first-order chi connectivity index (χ1) is 8.33. The molecule has 1 aromatic rings. The summed E-state index contributed by atoms with van der Waals surface area (Å²) in [5, 5.41) is 3.61. The summed E-state index contributed by atoms with van der Waals surface area (Å²) in [6.45, 7) is 3.20. The predicted octanol–water partition coefficient (Wildman–Crippen LogP) is 3.39. The molecule has 1 aromatic heterocycles. The van der Waals surface area contributed by atoms with E-state index in [1.165, 1.54) is 36.5 Å². The zero-order valence-electron chi connectivity index (χ0n) is 10.4. The molecule has 3 rings (SSSR count). The highest BCUT2D eigenvalue weighted by Gasteiger charge is 2.36. The van der Waals surface area contributed by atoms with Gasteiger partial charge in [0.15, 0.2) is 0 Å². The fraction of sp³-hybridized carbons (Fsp3) is 0.714. The molecule has 3 heteroatoms. The second-order valence-electron chi connectivity index (χ2n) is 5.39. The Labute approximate surface area is 108 Å². The van der Waals surface area contributed by atoms with E-state index in [9.17, 15) is 0 Å². The van der Waals surface area contributed by atoms with Gasteiger partial charge in [-0.25, -0.2) is 0 Å². The second kappa shape index (κ2) is 5.07. The van der Waals surface area contributed by atoms with Crippen LogP contribution in [0.5, 0.6) is 0 Å². The van der Waals surface area contributed by atoms with Crippen LogP contribution in [0.4, 0.5) is 0 Å². The molecule has 1 aliphatic heterocycles. The second-order valence-corrected chi connectivity index (χ2v) is 6.62. The molecule has 1 saturated carbocycles. The van der Waals surface area contributed by atoms with Crippen molar-refractivity contribution in [1.29, 1.82) is 0 Å². The van der Waals surface area contributed by atoms with E-state index < -0.39 is 0 Å². The summed E-state index contributed by atoms with van der Waals surface area (Å²) in [5.74, 6) is 6.46. The SMILES string of the molecule is CC1CC1c1ccc(CNC2CCSCC2)o1. The van der Waals surface area contributed by atoms with Gasteiger partial charge >= 0.3 is 0 Å². The third kappa shape index (κ3) is 2.89. The topological polar surface area (TPSA) is 25.2 Å². The highest BCUT2D eigenvalue weighted by Crippen LogP contribution is 2.47. The highest BCUT2D eigenvalue weighted by atomic mass is 32.2. The average molecular weight is 251 g/mol. The molecular weight excluding hydrogens is 230 g/mol. The van der Waals surface area contributed by atoms with Crippen LogP contribution in [0.1, 0.15) is 43.6 Å². The van der Waals surface area contributed by atoms with Gasteiger partial charge in [0.1, 0.15) is 11.5 Å². The van der Waals surface area contributed by atoms with Crippen LogP contribution in [-0.2, 0) is 6.54 Å². The zero-order valence-corrected chi connectivity index (χ0v) is 11.3. The Kier molecular flexibility index (Phi) is 3.48. The van der Waals surface area contributed by atoms with Crippen molar-refractivity contribution >= 4 is 11.8 Å². The predicted molar refractivity (Wildman–Crippen MR) is 72.4 cm³/mol. The first-order valence-electron chi connectivity index (χ1n) is 6.72. The van der Waals surface area contributed by atoms with E-state index in [1.807, 2.05) is 0 Å². The molecule has 1 aliphatic carbocycles. The van der Waals surface area contributed by atoms with E-state index >= 15 is 0 Å². The van der Waals surface area contributed by atoms with Crippen molar-refractivity contribution in [1.82, 2.24) is 5.32 Å². The number of hydrogen-bond acceptors (Lipinski definition) is 3. The van der Waals surface area contributed by atoms with Gasteiger partial charge in [0.25, 0.3) is 0 Å². The van der Waals surface area contributed by atoms with E-state index in [0.717, 1.165) is 18.2 Å². The molecule has 2 unspecified atom stereocenters. The molecule has 1 saturated heterocycles. The molecule has 2 fully saturated rings. The molecule has 2 nitrogen and oxygen atoms in total. The molecule has 2 aliphatic rings. The molecule has 17 heavy (non-hydrogen) atoms. The van der Waals surface area contributed by atoms with Crippen LogP contribution in [0.15, 0.2) is 16.5 Å². The molecule has 0 aromatic carbocycles. The Hall–Kier alpha value is -0.410. The van der Waals surface area contributed by atoms with Crippen molar-refractivity contribution in [2.24, 2.45) is 5.92 Å². The van der Waals surface area contributed by atoms with Gasteiger partial charge in [0.2, 0.25) is 0 Å². The Morgan fingerprint density at radius 1 is 1.35 bits per heavy atom. The van der Waals surface area contributed by atoms with Crippen LogP contribution in [0.2, 0.25) is 0 Å². The van der Waals surface area contributed by atoms with Gasteiger partial charge in [-0.3, -0.25) is 0 Å². The molecular formula is C14H21NOS. The maximum atomic E-state index is 5.90. The van der Waals surface area contributed by atoms with E-state index in [0.29, 0.717) is 12.0 Å². The average Bonchev–Trinajstić information content (AvgIpc) is 2.92. The largest absolute Gasteiger partial charge is 0.464 e. The van der Waals surface area contributed by atoms with E-state index in [4.69, 9.17) is 4.42 Å². The molecule has 94 valence electrons. The lowest BCUT2D eigenvalue weighted by Gasteiger charge is -2.21. The minimum absolute atomic E-state index is 0.699. The Morgan fingerprint density at radius 3 is 2.82 bits per heavy atom. The van der Waals surface area contributed by atoms with Gasteiger partial charge in [-0.15, -0.1) is 0 Å². The van der Waals surface area contributed by atoms with Crippen LogP contribution in [0.3, 0.4) is 0 Å². The fourth-order valence-corrected chi connectivity index (χ4v) is 3.66. The lowest BCUT2D eigenvalue weighted by molar-refractivity contribution is 0.410. The molecule has 2 heterocycles. The van der Waals surface area contributed by atoms with Crippen molar-refractivity contribution in [3.8, 4) is 0 Å². The maximum Gasteiger partial charge on any atom is 0.117 e. The third-order valence-corrected chi connectivity index (χ3v) is 4.99. The van der Waals surface area contributed by atoms with Gasteiger partial charge in [0.05, 0.1) is 6.54 Å². The molecule has 0 bridgehead atoms. The van der Waals surface area contributed by atoms with E-state index in [-0.39, 0.29) is 0 Å². The summed E-state index contributed by atoms with van der Waals surface area (Å²) in [6.07, 6.45) is 3.91. The van der Waals surface area contributed by atoms with Crippen molar-refractivity contribution in [2.45, 2.75) is 44.7 Å². The van der Waals surface area contributed by atoms with Crippen molar-refractivity contribution < 1.29 is 4.42 Å². The Bertz CT molecular complexity index is 370. The molecule has 1 N–H and O–H groups in total. The quantitative estimate of drug-likeness (QED) is 0.888. The van der Waals surface area contributed by atoms with Gasteiger partial charge in [-0.05, 0) is 48.8 Å². The number of rotatable bonds is 4. The lowest BCUT2D eigenvalue weighted by atomic mass is 10.1. The summed E-state index contributed by atoms with van der Waals surface area (Å²) in [7, 11) is 0. The number of thioether (sulfide) groups is 1. The summed E-state index contributed by atoms with van der Waals surface area (Å²) in [4.78, 5) is 0. The zero-order chi connectivity index (χ0) is 11.7. The smallest absolute Gasteiger partial charge is 0.117 e. The summed E-state index contributed by atoms with van der Waals surface area (Å²) >= 11 is 2.07. The number of hydrogen-bond donors (Lipinski definition) is 1. The molecule has 0 radical (unpaired) electrons. The van der Waals surface area contributed by atoms with Gasteiger partial charge in [-0.1, -0.05) is 6.92 Å². The fourth-order valence-electron chi connectivity index (χ4n) is 2.55. The van der Waals surface area contributed by atoms with Crippen LogP contribution < -0.4 is 5.32 Å². The van der Waals surface area contributed by atoms with Crippen LogP contribution in [-0.4, -0.2) is 17.5 Å². The maximum absolute atomic E-state index is 5.90. The Balaban J connectivity index is 1.49. The van der Waals surface area contributed by atoms with Crippen LogP contribution in [0.25, 0.3) is 0 Å². The summed E-state index contributed by atoms with van der Waals surface area (Å²) in [5.41, 5.74) is 0.